The molecule has 0 aliphatic rings. The molecule has 19 heavy (non-hydrogen) atoms. The van der Waals surface area contributed by atoms with E-state index in [-0.39, 0.29) is 17.1 Å². The topological polar surface area (TPSA) is 80.9 Å². The lowest BCUT2D eigenvalue weighted by molar-refractivity contribution is -0.186. The second-order valence-electron chi connectivity index (χ2n) is 4.52. The highest BCUT2D eigenvalue weighted by atomic mass is 16.5. The first-order valence-electron chi connectivity index (χ1n) is 5.95. The van der Waals surface area contributed by atoms with Crippen molar-refractivity contribution in [2.75, 3.05) is 0 Å². The fourth-order valence-electron chi connectivity index (χ4n) is 2.09. The highest BCUT2D eigenvalue weighted by molar-refractivity contribution is 5.41. The average Bonchev–Trinajstić information content (AvgIpc) is 2.39. The highest BCUT2D eigenvalue weighted by Gasteiger charge is 2.37. The van der Waals surface area contributed by atoms with Crippen LogP contribution in [0.5, 0.6) is 11.5 Å². The second-order valence-corrected chi connectivity index (χ2v) is 4.52. The molecule has 4 heteroatoms. The van der Waals surface area contributed by atoms with Gasteiger partial charge in [-0.2, -0.15) is 0 Å². The van der Waals surface area contributed by atoms with Crippen LogP contribution >= 0.6 is 0 Å². The Morgan fingerprint density at radius 2 is 1.37 bits per heavy atom. The van der Waals surface area contributed by atoms with Gasteiger partial charge in [-0.1, -0.05) is 37.3 Å². The zero-order valence-electron chi connectivity index (χ0n) is 10.5. The smallest absolute Gasteiger partial charge is 0.200 e. The van der Waals surface area contributed by atoms with Crippen LogP contribution in [0.4, 0.5) is 0 Å². The highest BCUT2D eigenvalue weighted by Crippen LogP contribution is 2.40. The van der Waals surface area contributed by atoms with E-state index in [2.05, 4.69) is 0 Å². The Hall–Kier alpha value is -2.04. The summed E-state index contributed by atoms with van der Waals surface area (Å²) in [6.45, 7) is 1.57. The summed E-state index contributed by atoms with van der Waals surface area (Å²) in [5.74, 6) is -3.29. The third-order valence-electron chi connectivity index (χ3n) is 3.31. The molecule has 0 spiro atoms. The van der Waals surface area contributed by atoms with Gasteiger partial charge in [-0.15, -0.1) is 0 Å². The Morgan fingerprint density at radius 1 is 0.842 bits per heavy atom. The third kappa shape index (κ3) is 2.41. The first-order valence-corrected chi connectivity index (χ1v) is 5.95. The van der Waals surface area contributed by atoms with Gasteiger partial charge < -0.3 is 20.4 Å². The van der Waals surface area contributed by atoms with E-state index in [4.69, 9.17) is 0 Å². The molecular weight excluding hydrogens is 244 g/mol. The zero-order chi connectivity index (χ0) is 14.0. The van der Waals surface area contributed by atoms with Crippen LogP contribution in [0.2, 0.25) is 0 Å². The van der Waals surface area contributed by atoms with E-state index in [1.165, 1.54) is 18.2 Å². The fourth-order valence-corrected chi connectivity index (χ4v) is 2.09. The number of benzene rings is 2. The maximum Gasteiger partial charge on any atom is 0.200 e. The molecular formula is C15H16O4. The summed E-state index contributed by atoms with van der Waals surface area (Å²) in [4.78, 5) is 0. The Morgan fingerprint density at radius 3 is 1.95 bits per heavy atom. The summed E-state index contributed by atoms with van der Waals surface area (Å²) < 4.78 is 0. The van der Waals surface area contributed by atoms with Crippen molar-refractivity contribution >= 4 is 0 Å². The molecule has 0 bridgehead atoms. The maximum absolute atomic E-state index is 10.3. The molecule has 0 aromatic heterocycles. The lowest BCUT2D eigenvalue weighted by Gasteiger charge is -2.30. The predicted octanol–water partition coefficient (Wildman–Crippen LogP) is 2.04. The van der Waals surface area contributed by atoms with Crippen LogP contribution in [0.25, 0.3) is 0 Å². The van der Waals surface area contributed by atoms with Gasteiger partial charge in [0.1, 0.15) is 11.5 Å². The summed E-state index contributed by atoms with van der Waals surface area (Å²) in [5.41, 5.74) is 0.404. The standard InChI is InChI=1S/C15H16O4/c1-10(11-6-2-4-8-13(11)16)15(18,19)12-7-3-5-9-14(12)17/h2-10,16-19H,1H3. The monoisotopic (exact) mass is 260 g/mol. The predicted molar refractivity (Wildman–Crippen MR) is 70.7 cm³/mol. The van der Waals surface area contributed by atoms with E-state index < -0.39 is 11.7 Å². The van der Waals surface area contributed by atoms with Gasteiger partial charge in [0.2, 0.25) is 0 Å². The first kappa shape index (κ1) is 13.4. The molecule has 4 nitrogen and oxygen atoms in total. The van der Waals surface area contributed by atoms with Crippen LogP contribution < -0.4 is 0 Å². The number of phenolic OH excluding ortho intramolecular Hbond substituents is 2. The van der Waals surface area contributed by atoms with Crippen LogP contribution in [0.15, 0.2) is 48.5 Å². The summed E-state index contributed by atoms with van der Waals surface area (Å²) >= 11 is 0. The van der Waals surface area contributed by atoms with Gasteiger partial charge in [0, 0.05) is 11.5 Å². The Labute approximate surface area is 111 Å². The van der Waals surface area contributed by atoms with Crippen LogP contribution in [0.1, 0.15) is 24.0 Å². The average molecular weight is 260 g/mol. The van der Waals surface area contributed by atoms with Crippen LogP contribution in [-0.2, 0) is 5.79 Å². The molecule has 0 radical (unpaired) electrons. The number of aromatic hydroxyl groups is 2. The largest absolute Gasteiger partial charge is 0.508 e. The number of aliphatic hydroxyl groups is 2. The van der Waals surface area contributed by atoms with Crippen molar-refractivity contribution in [3.05, 3.63) is 59.7 Å². The molecule has 1 atom stereocenters. The number of hydrogen-bond donors (Lipinski definition) is 4. The van der Waals surface area contributed by atoms with Crippen LogP contribution in [0, 0.1) is 0 Å². The van der Waals surface area contributed by atoms with Gasteiger partial charge in [0.25, 0.3) is 0 Å². The molecule has 100 valence electrons. The molecule has 2 rings (SSSR count). The quantitative estimate of drug-likeness (QED) is 0.637. The second kappa shape index (κ2) is 4.91. The minimum atomic E-state index is -2.27. The van der Waals surface area contributed by atoms with Gasteiger partial charge in [-0.05, 0) is 18.2 Å². The lowest BCUT2D eigenvalue weighted by Crippen LogP contribution is -2.31. The van der Waals surface area contributed by atoms with Crippen molar-refractivity contribution in [3.8, 4) is 11.5 Å². The van der Waals surface area contributed by atoms with Crippen molar-refractivity contribution in [2.45, 2.75) is 18.6 Å². The lowest BCUT2D eigenvalue weighted by atomic mass is 9.86. The SMILES string of the molecule is CC(c1ccccc1O)C(O)(O)c1ccccc1O. The van der Waals surface area contributed by atoms with Gasteiger partial charge in [0.05, 0.1) is 5.56 Å². The number of phenols is 2. The van der Waals surface area contributed by atoms with E-state index in [1.54, 1.807) is 37.3 Å². The van der Waals surface area contributed by atoms with Crippen molar-refractivity contribution in [3.63, 3.8) is 0 Å². The van der Waals surface area contributed by atoms with Crippen molar-refractivity contribution < 1.29 is 20.4 Å². The molecule has 1 unspecified atom stereocenters. The number of hydrogen-bond acceptors (Lipinski definition) is 4. The van der Waals surface area contributed by atoms with E-state index >= 15 is 0 Å². The maximum atomic E-state index is 10.3. The fraction of sp³-hybridized carbons (Fsp3) is 0.200. The normalized spacial score (nSPS) is 13.2. The van der Waals surface area contributed by atoms with Gasteiger partial charge in [0.15, 0.2) is 5.79 Å². The van der Waals surface area contributed by atoms with Crippen LogP contribution in [-0.4, -0.2) is 20.4 Å². The van der Waals surface area contributed by atoms with E-state index in [9.17, 15) is 20.4 Å². The minimum absolute atomic E-state index is 0.00533. The Balaban J connectivity index is 2.45. The molecule has 0 saturated carbocycles. The molecule has 0 fully saturated rings. The van der Waals surface area contributed by atoms with Crippen LogP contribution in [0.3, 0.4) is 0 Å². The molecule has 0 aliphatic heterocycles. The zero-order valence-corrected chi connectivity index (χ0v) is 10.5. The van der Waals surface area contributed by atoms with E-state index in [0.29, 0.717) is 5.56 Å². The van der Waals surface area contributed by atoms with Gasteiger partial charge in [-0.3, -0.25) is 0 Å². The van der Waals surface area contributed by atoms with Crippen molar-refractivity contribution in [1.82, 2.24) is 0 Å². The molecule has 4 N–H and O–H groups in total. The van der Waals surface area contributed by atoms with Crippen molar-refractivity contribution in [1.29, 1.82) is 0 Å². The molecule has 0 saturated heterocycles. The molecule has 0 amide bonds. The number of para-hydroxylation sites is 2. The molecule has 2 aromatic carbocycles. The van der Waals surface area contributed by atoms with E-state index in [1.807, 2.05) is 0 Å². The minimum Gasteiger partial charge on any atom is -0.508 e. The molecule has 2 aromatic rings. The van der Waals surface area contributed by atoms with Gasteiger partial charge >= 0.3 is 0 Å². The summed E-state index contributed by atoms with van der Waals surface area (Å²) in [6, 6.07) is 12.5. The Bertz CT molecular complexity index is 578. The summed E-state index contributed by atoms with van der Waals surface area (Å²) in [6.07, 6.45) is 0. The summed E-state index contributed by atoms with van der Waals surface area (Å²) in [5, 5.41) is 40.1. The molecule has 0 heterocycles. The van der Waals surface area contributed by atoms with Gasteiger partial charge in [-0.25, -0.2) is 0 Å². The Kier molecular flexibility index (Phi) is 3.46. The third-order valence-corrected chi connectivity index (χ3v) is 3.31. The van der Waals surface area contributed by atoms with E-state index in [0.717, 1.165) is 0 Å². The first-order chi connectivity index (χ1) is 8.94. The van der Waals surface area contributed by atoms with Crippen molar-refractivity contribution in [2.24, 2.45) is 0 Å². The molecule has 0 aliphatic carbocycles. The summed E-state index contributed by atoms with van der Waals surface area (Å²) in [7, 11) is 0. The number of rotatable bonds is 3.